The number of aliphatic hydroxyl groups is 3. The summed E-state index contributed by atoms with van der Waals surface area (Å²) in [5, 5.41) is 32.4. The Morgan fingerprint density at radius 3 is 2.38 bits per heavy atom. The van der Waals surface area contributed by atoms with Crippen molar-refractivity contribution >= 4 is 12.3 Å². The predicted molar refractivity (Wildman–Crippen MR) is 252 cm³/mol. The van der Waals surface area contributed by atoms with Gasteiger partial charge in [-0.25, -0.2) is 0 Å². The summed E-state index contributed by atoms with van der Waals surface area (Å²) in [5.74, 6) is -0.324. The zero-order valence-corrected chi connectivity index (χ0v) is 42.7. The van der Waals surface area contributed by atoms with Crippen LogP contribution in [-0.4, -0.2) is 141 Å². The average molecular weight is 938 g/mol. The van der Waals surface area contributed by atoms with Crippen LogP contribution in [0.15, 0.2) is 46.7 Å². The SMILES string of the molecule is CCCC[C@@H](CC[C@@H](C)OC1(C)C(N(C)C)C(O)[C@H](O/C2=C(\CC=O)C[C@@H](C)C/C=C/C(C)=C/[C@H](COC3OC(C)C(O)=C(OC)C3(C)OC)[C@@H](CC)OC(=O)CC[C@@H]2C)O[C@@H]1C)OCO. The van der Waals surface area contributed by atoms with Gasteiger partial charge in [0.05, 0.1) is 38.1 Å². The summed E-state index contributed by atoms with van der Waals surface area (Å²) in [7, 11) is 6.76. The van der Waals surface area contributed by atoms with Gasteiger partial charge >= 0.3 is 5.97 Å². The lowest BCUT2D eigenvalue weighted by molar-refractivity contribution is -0.314. The third-order valence-corrected chi connectivity index (χ3v) is 13.6. The van der Waals surface area contributed by atoms with E-state index in [2.05, 4.69) is 19.9 Å². The van der Waals surface area contributed by atoms with E-state index in [0.717, 1.165) is 43.1 Å². The van der Waals surface area contributed by atoms with Gasteiger partial charge in [0, 0.05) is 31.8 Å². The minimum atomic E-state index is -1.24. The summed E-state index contributed by atoms with van der Waals surface area (Å²) in [6.45, 7) is 19.3. The zero-order chi connectivity index (χ0) is 49.4. The van der Waals surface area contributed by atoms with Crippen LogP contribution in [0.4, 0.5) is 0 Å². The van der Waals surface area contributed by atoms with Crippen LogP contribution in [0.1, 0.15) is 140 Å². The van der Waals surface area contributed by atoms with Gasteiger partial charge in [-0.15, -0.1) is 0 Å². The van der Waals surface area contributed by atoms with Crippen LogP contribution < -0.4 is 0 Å². The normalized spacial score (nSPS) is 36.6. The van der Waals surface area contributed by atoms with Gasteiger partial charge < -0.3 is 67.6 Å². The number of methoxy groups -OCH3 is 2. The first kappa shape index (κ1) is 57.5. The number of nitrogens with zero attached hydrogens (tertiary/aromatic N) is 1. The Labute approximate surface area is 396 Å². The number of carbonyl (C=O) groups excluding carboxylic acids is 2. The van der Waals surface area contributed by atoms with Crippen molar-refractivity contribution in [3.8, 4) is 0 Å². The van der Waals surface area contributed by atoms with Crippen LogP contribution in [0.3, 0.4) is 0 Å². The summed E-state index contributed by atoms with van der Waals surface area (Å²) in [4.78, 5) is 28.1. The molecule has 6 unspecified atom stereocenters. The van der Waals surface area contributed by atoms with Crippen LogP contribution in [0, 0.1) is 17.8 Å². The molecule has 3 aliphatic heterocycles. The second kappa shape index (κ2) is 27.4. The van der Waals surface area contributed by atoms with Crippen molar-refractivity contribution in [3.05, 3.63) is 46.7 Å². The standard InChI is InChI=1S/C51H87NO14/c1-15-17-21-40(61-31-54)24-23-35(6)66-50(9)37(8)63-48(44(57)46(50)52(11)12)65-45-34(5)22-25-42(55)64-41(16-2)39(29-33(4)20-18-19-32(3)28-38(45)26-27-53)30-60-49-51(10,59-14)47(58-13)43(56)36(7)62-49/h18,20,27,29,32,34-37,39-41,44,46,48-49,54,56-57H,15-17,19,21-26,28,30-31H2,1-14H3/b20-18+,33-29+,45-38+/t32-,34-,35+,36?,37+,39+,40-,41+,44?,46?,48-,49?,50?,51?/m0/s1. The van der Waals surface area contributed by atoms with E-state index in [9.17, 15) is 24.9 Å². The van der Waals surface area contributed by atoms with Crippen LogP contribution in [-0.2, 0) is 52.2 Å². The minimum absolute atomic E-state index is 0.0636. The van der Waals surface area contributed by atoms with E-state index >= 15 is 0 Å². The Morgan fingerprint density at radius 2 is 1.77 bits per heavy atom. The van der Waals surface area contributed by atoms with Crippen molar-refractivity contribution in [1.82, 2.24) is 4.90 Å². The number of hydrogen-bond donors (Lipinski definition) is 3. The van der Waals surface area contributed by atoms with Crippen molar-refractivity contribution in [2.45, 2.75) is 206 Å². The molecule has 3 N–H and O–H groups in total. The molecular formula is C51H87NO14. The molecule has 1 saturated heterocycles. The first-order chi connectivity index (χ1) is 31.2. The summed E-state index contributed by atoms with van der Waals surface area (Å²) < 4.78 is 55.9. The molecule has 3 aliphatic rings. The number of hydrogen-bond acceptors (Lipinski definition) is 15. The van der Waals surface area contributed by atoms with E-state index in [1.807, 2.05) is 72.7 Å². The Balaban J connectivity index is 1.91. The third-order valence-electron chi connectivity index (χ3n) is 13.6. The van der Waals surface area contributed by atoms with Crippen molar-refractivity contribution < 1.29 is 67.5 Å². The molecule has 3 rings (SSSR count). The molecule has 0 aromatic carbocycles. The number of cyclic esters (lactones) is 1. The number of likely N-dealkylation sites (N-methyl/N-ethyl adjacent to an activating group) is 1. The fourth-order valence-corrected chi connectivity index (χ4v) is 9.68. The Morgan fingerprint density at radius 1 is 1.06 bits per heavy atom. The van der Waals surface area contributed by atoms with Gasteiger partial charge in [0.2, 0.25) is 6.29 Å². The molecule has 1 fully saturated rings. The molecule has 3 heterocycles. The average Bonchev–Trinajstić information content (AvgIpc) is 3.26. The topological polar surface area (TPSA) is 181 Å². The summed E-state index contributed by atoms with van der Waals surface area (Å²) in [6, 6.07) is -0.546. The van der Waals surface area contributed by atoms with Gasteiger partial charge in [-0.2, -0.15) is 0 Å². The Kier molecular flexibility index (Phi) is 23.8. The smallest absolute Gasteiger partial charge is 0.306 e. The fourth-order valence-electron chi connectivity index (χ4n) is 9.68. The molecular weight excluding hydrogens is 851 g/mol. The number of carbonyl (C=O) groups is 2. The lowest BCUT2D eigenvalue weighted by Crippen LogP contribution is -2.69. The Hall–Kier alpha value is -2.86. The molecule has 0 bridgehead atoms. The van der Waals surface area contributed by atoms with E-state index in [4.69, 9.17) is 42.6 Å². The third kappa shape index (κ3) is 15.3. The Bertz CT molecular complexity index is 1630. The van der Waals surface area contributed by atoms with Crippen molar-refractivity contribution in [3.63, 3.8) is 0 Å². The second-order valence-electron chi connectivity index (χ2n) is 19.3. The number of aldehydes is 1. The van der Waals surface area contributed by atoms with Gasteiger partial charge in [-0.05, 0) is 112 Å². The van der Waals surface area contributed by atoms with Crippen LogP contribution in [0.2, 0.25) is 0 Å². The van der Waals surface area contributed by atoms with E-state index in [-0.39, 0.29) is 67.7 Å². The second-order valence-corrected chi connectivity index (χ2v) is 19.3. The van der Waals surface area contributed by atoms with Crippen LogP contribution >= 0.6 is 0 Å². The molecule has 0 saturated carbocycles. The largest absolute Gasteiger partial charge is 0.506 e. The van der Waals surface area contributed by atoms with Gasteiger partial charge in [0.15, 0.2) is 23.4 Å². The summed E-state index contributed by atoms with van der Waals surface area (Å²) in [5.41, 5.74) is -0.442. The van der Waals surface area contributed by atoms with E-state index in [1.54, 1.807) is 13.8 Å². The number of aliphatic hydroxyl groups excluding tert-OH is 3. The molecule has 0 aromatic heterocycles. The molecule has 0 radical (unpaired) electrons. The van der Waals surface area contributed by atoms with Crippen LogP contribution in [0.5, 0.6) is 0 Å². The maximum atomic E-state index is 13.8. The summed E-state index contributed by atoms with van der Waals surface area (Å²) >= 11 is 0. The van der Waals surface area contributed by atoms with Gasteiger partial charge in [0.25, 0.3) is 0 Å². The highest BCUT2D eigenvalue weighted by Crippen LogP contribution is 2.41. The molecule has 0 amide bonds. The van der Waals surface area contributed by atoms with Gasteiger partial charge in [0.1, 0.15) is 42.8 Å². The highest BCUT2D eigenvalue weighted by atomic mass is 16.7. The molecule has 66 heavy (non-hydrogen) atoms. The molecule has 14 atom stereocenters. The van der Waals surface area contributed by atoms with Crippen molar-refractivity contribution in [1.29, 1.82) is 0 Å². The quantitative estimate of drug-likeness (QED) is 0.0569. The molecule has 15 nitrogen and oxygen atoms in total. The lowest BCUT2D eigenvalue weighted by Gasteiger charge is -2.53. The predicted octanol–water partition coefficient (Wildman–Crippen LogP) is 8.22. The zero-order valence-electron chi connectivity index (χ0n) is 42.7. The number of rotatable bonds is 21. The highest BCUT2D eigenvalue weighted by Gasteiger charge is 2.55. The fraction of sp³-hybridized carbons (Fsp3) is 0.804. The van der Waals surface area contributed by atoms with Gasteiger partial charge in [-0.1, -0.05) is 64.3 Å². The number of allylic oxidation sites excluding steroid dienone is 5. The van der Waals surface area contributed by atoms with E-state index in [0.29, 0.717) is 37.9 Å². The maximum absolute atomic E-state index is 13.8. The lowest BCUT2D eigenvalue weighted by atomic mass is 9.82. The molecule has 0 aromatic rings. The molecule has 15 heteroatoms. The highest BCUT2D eigenvalue weighted by molar-refractivity contribution is 5.69. The molecule has 0 aliphatic carbocycles. The van der Waals surface area contributed by atoms with Crippen molar-refractivity contribution in [2.75, 3.05) is 41.7 Å². The van der Waals surface area contributed by atoms with Crippen LogP contribution in [0.25, 0.3) is 0 Å². The van der Waals surface area contributed by atoms with E-state index in [1.165, 1.54) is 14.2 Å². The number of esters is 1. The minimum Gasteiger partial charge on any atom is -0.506 e. The monoisotopic (exact) mass is 938 g/mol. The van der Waals surface area contributed by atoms with E-state index < -0.39 is 60.2 Å². The maximum Gasteiger partial charge on any atom is 0.306 e. The molecule has 380 valence electrons. The molecule has 0 spiro atoms. The number of unbranched alkanes of at least 4 members (excludes halogenated alkanes) is 1. The first-order valence-corrected chi connectivity index (χ1v) is 24.3. The van der Waals surface area contributed by atoms with Gasteiger partial charge in [-0.3, -0.25) is 4.79 Å². The first-order valence-electron chi connectivity index (χ1n) is 24.3. The summed E-state index contributed by atoms with van der Waals surface area (Å²) in [6.07, 6.45) is 8.41. The number of ether oxygens (including phenoxy) is 9. The van der Waals surface area contributed by atoms with Crippen molar-refractivity contribution in [2.24, 2.45) is 17.8 Å².